The van der Waals surface area contributed by atoms with Crippen LogP contribution in [0.1, 0.15) is 30.6 Å². The summed E-state index contributed by atoms with van der Waals surface area (Å²) in [5, 5.41) is 10.2. The number of nitrogens with one attached hydrogen (secondary N) is 1. The van der Waals surface area contributed by atoms with Gasteiger partial charge < -0.3 is 11.1 Å². The zero-order valence-electron chi connectivity index (χ0n) is 9.68. The second kappa shape index (κ2) is 6.17. The normalized spacial score (nSPS) is 12.5. The maximum absolute atomic E-state index is 11.8. The van der Waals surface area contributed by atoms with Crippen molar-refractivity contribution in [2.75, 3.05) is 6.54 Å². The van der Waals surface area contributed by atoms with Gasteiger partial charge in [0.05, 0.1) is 18.0 Å². The summed E-state index contributed by atoms with van der Waals surface area (Å²) in [6.45, 7) is 4.65. The van der Waals surface area contributed by atoms with E-state index in [1.165, 1.54) is 12.4 Å². The van der Waals surface area contributed by atoms with E-state index in [4.69, 9.17) is 5.73 Å². The molecule has 0 saturated carbocycles. The van der Waals surface area contributed by atoms with Crippen molar-refractivity contribution in [2.24, 2.45) is 11.7 Å². The summed E-state index contributed by atoms with van der Waals surface area (Å²) in [6.07, 6.45) is 3.81. The van der Waals surface area contributed by atoms with E-state index in [0.717, 1.165) is 6.42 Å². The van der Waals surface area contributed by atoms with E-state index in [2.05, 4.69) is 29.4 Å². The molecular weight excluding hydrogens is 204 g/mol. The van der Waals surface area contributed by atoms with Gasteiger partial charge in [-0.05, 0) is 18.4 Å². The maximum Gasteiger partial charge on any atom is 0.253 e. The van der Waals surface area contributed by atoms with Crippen LogP contribution in [0, 0.1) is 5.92 Å². The third kappa shape index (κ3) is 3.94. The van der Waals surface area contributed by atoms with Crippen LogP contribution in [0.3, 0.4) is 0 Å². The van der Waals surface area contributed by atoms with Gasteiger partial charge in [-0.1, -0.05) is 13.8 Å². The van der Waals surface area contributed by atoms with Crippen molar-refractivity contribution in [2.45, 2.75) is 26.3 Å². The minimum absolute atomic E-state index is 0.0145. The Hall–Kier alpha value is -1.49. The van der Waals surface area contributed by atoms with E-state index >= 15 is 0 Å². The first-order chi connectivity index (χ1) is 7.63. The number of aromatic nitrogens is 2. The first kappa shape index (κ1) is 12.6. The van der Waals surface area contributed by atoms with Gasteiger partial charge in [0.1, 0.15) is 0 Å². The van der Waals surface area contributed by atoms with Crippen LogP contribution in [0.15, 0.2) is 18.5 Å². The SMILES string of the molecule is CC(C)CC(CN)NC(=O)c1ccnnc1. The van der Waals surface area contributed by atoms with Crippen LogP contribution >= 0.6 is 0 Å². The minimum atomic E-state index is -0.147. The summed E-state index contributed by atoms with van der Waals surface area (Å²) in [5.41, 5.74) is 6.12. The van der Waals surface area contributed by atoms with Gasteiger partial charge in [0.2, 0.25) is 0 Å². The van der Waals surface area contributed by atoms with Crippen molar-refractivity contribution in [3.8, 4) is 0 Å². The largest absolute Gasteiger partial charge is 0.348 e. The maximum atomic E-state index is 11.8. The number of amides is 1. The van der Waals surface area contributed by atoms with E-state index in [1.54, 1.807) is 6.07 Å². The topological polar surface area (TPSA) is 80.9 Å². The number of nitrogens with zero attached hydrogens (tertiary/aromatic N) is 2. The minimum Gasteiger partial charge on any atom is -0.348 e. The van der Waals surface area contributed by atoms with Gasteiger partial charge in [-0.3, -0.25) is 4.79 Å². The number of hydrogen-bond donors (Lipinski definition) is 2. The lowest BCUT2D eigenvalue weighted by molar-refractivity contribution is 0.0933. The van der Waals surface area contributed by atoms with Gasteiger partial charge in [-0.2, -0.15) is 10.2 Å². The second-order valence-corrected chi connectivity index (χ2v) is 4.17. The molecule has 0 aliphatic rings. The summed E-state index contributed by atoms with van der Waals surface area (Å²) in [4.78, 5) is 11.8. The van der Waals surface area contributed by atoms with Gasteiger partial charge in [0.15, 0.2) is 0 Å². The number of carbonyl (C=O) groups is 1. The lowest BCUT2D eigenvalue weighted by Gasteiger charge is -2.18. The Bertz CT molecular complexity index is 326. The summed E-state index contributed by atoms with van der Waals surface area (Å²) < 4.78 is 0. The Balaban J connectivity index is 2.56. The van der Waals surface area contributed by atoms with E-state index in [-0.39, 0.29) is 11.9 Å². The van der Waals surface area contributed by atoms with Crippen molar-refractivity contribution in [1.29, 1.82) is 0 Å². The molecule has 88 valence electrons. The number of rotatable bonds is 5. The Morgan fingerprint density at radius 3 is 2.75 bits per heavy atom. The summed E-state index contributed by atoms with van der Waals surface area (Å²) >= 11 is 0. The molecule has 1 rings (SSSR count). The molecule has 0 fully saturated rings. The Kier molecular flexibility index (Phi) is 4.85. The van der Waals surface area contributed by atoms with Crippen LogP contribution in [0.4, 0.5) is 0 Å². The average Bonchev–Trinajstić information content (AvgIpc) is 2.28. The van der Waals surface area contributed by atoms with E-state index < -0.39 is 0 Å². The highest BCUT2D eigenvalue weighted by atomic mass is 16.1. The number of nitrogens with two attached hydrogens (primary N) is 1. The van der Waals surface area contributed by atoms with Crippen LogP contribution in [0.25, 0.3) is 0 Å². The van der Waals surface area contributed by atoms with Crippen molar-refractivity contribution in [3.63, 3.8) is 0 Å². The Morgan fingerprint density at radius 1 is 1.50 bits per heavy atom. The molecule has 1 unspecified atom stereocenters. The highest BCUT2D eigenvalue weighted by Gasteiger charge is 2.13. The lowest BCUT2D eigenvalue weighted by Crippen LogP contribution is -2.41. The zero-order valence-corrected chi connectivity index (χ0v) is 9.68. The lowest BCUT2D eigenvalue weighted by atomic mass is 10.0. The molecule has 1 amide bonds. The van der Waals surface area contributed by atoms with Crippen LogP contribution in [-0.4, -0.2) is 28.7 Å². The molecule has 16 heavy (non-hydrogen) atoms. The molecule has 0 aliphatic carbocycles. The molecule has 1 atom stereocenters. The monoisotopic (exact) mass is 222 g/mol. The number of carbonyl (C=O) groups excluding carboxylic acids is 1. The molecule has 0 bridgehead atoms. The molecule has 1 aromatic rings. The molecule has 1 heterocycles. The first-order valence-corrected chi connectivity index (χ1v) is 5.41. The van der Waals surface area contributed by atoms with Crippen molar-refractivity contribution in [1.82, 2.24) is 15.5 Å². The van der Waals surface area contributed by atoms with Crippen molar-refractivity contribution in [3.05, 3.63) is 24.0 Å². The van der Waals surface area contributed by atoms with Crippen molar-refractivity contribution >= 4 is 5.91 Å². The molecule has 1 aromatic heterocycles. The fraction of sp³-hybridized carbons (Fsp3) is 0.545. The third-order valence-electron chi connectivity index (χ3n) is 2.22. The molecule has 0 saturated heterocycles. The van der Waals surface area contributed by atoms with Gasteiger partial charge in [0, 0.05) is 12.6 Å². The predicted octanol–water partition coefficient (Wildman–Crippen LogP) is 0.580. The van der Waals surface area contributed by atoms with Crippen LogP contribution in [-0.2, 0) is 0 Å². The molecule has 0 aliphatic heterocycles. The summed E-state index contributed by atoms with van der Waals surface area (Å²) in [5.74, 6) is 0.357. The average molecular weight is 222 g/mol. The quantitative estimate of drug-likeness (QED) is 0.763. The van der Waals surface area contributed by atoms with Crippen molar-refractivity contribution < 1.29 is 4.79 Å². The van der Waals surface area contributed by atoms with Gasteiger partial charge in [-0.25, -0.2) is 0 Å². The van der Waals surface area contributed by atoms with Crippen LogP contribution in [0.5, 0.6) is 0 Å². The molecule has 0 aromatic carbocycles. The number of hydrogen-bond acceptors (Lipinski definition) is 4. The molecule has 3 N–H and O–H groups in total. The third-order valence-corrected chi connectivity index (χ3v) is 2.22. The fourth-order valence-corrected chi connectivity index (χ4v) is 1.48. The standard InChI is InChI=1S/C11H18N4O/c1-8(2)5-10(6-12)15-11(16)9-3-4-13-14-7-9/h3-4,7-8,10H,5-6,12H2,1-2H3,(H,15,16). The Morgan fingerprint density at radius 2 is 2.25 bits per heavy atom. The second-order valence-electron chi connectivity index (χ2n) is 4.17. The summed E-state index contributed by atoms with van der Waals surface area (Å²) in [7, 11) is 0. The smallest absolute Gasteiger partial charge is 0.253 e. The van der Waals surface area contributed by atoms with Gasteiger partial charge in [-0.15, -0.1) is 0 Å². The molecule has 5 heteroatoms. The first-order valence-electron chi connectivity index (χ1n) is 5.41. The highest BCUT2D eigenvalue weighted by molar-refractivity contribution is 5.93. The molecule has 0 radical (unpaired) electrons. The van der Waals surface area contributed by atoms with E-state index in [1.807, 2.05) is 0 Å². The summed E-state index contributed by atoms with van der Waals surface area (Å²) in [6, 6.07) is 1.64. The van der Waals surface area contributed by atoms with Gasteiger partial charge in [0.25, 0.3) is 5.91 Å². The van der Waals surface area contributed by atoms with Crippen LogP contribution < -0.4 is 11.1 Å². The Labute approximate surface area is 95.4 Å². The van der Waals surface area contributed by atoms with E-state index in [9.17, 15) is 4.79 Å². The highest BCUT2D eigenvalue weighted by Crippen LogP contribution is 2.04. The zero-order chi connectivity index (χ0) is 12.0. The predicted molar refractivity (Wildman–Crippen MR) is 61.8 cm³/mol. The van der Waals surface area contributed by atoms with E-state index in [0.29, 0.717) is 18.0 Å². The molecule has 0 spiro atoms. The fourth-order valence-electron chi connectivity index (χ4n) is 1.48. The van der Waals surface area contributed by atoms with Crippen LogP contribution in [0.2, 0.25) is 0 Å². The molecular formula is C11H18N4O. The molecule has 5 nitrogen and oxygen atoms in total. The van der Waals surface area contributed by atoms with Gasteiger partial charge >= 0.3 is 0 Å².